The summed E-state index contributed by atoms with van der Waals surface area (Å²) < 4.78 is 6.44. The van der Waals surface area contributed by atoms with Gasteiger partial charge in [-0.1, -0.05) is 90.1 Å². The second-order valence-corrected chi connectivity index (χ2v) is 9.23. The summed E-state index contributed by atoms with van der Waals surface area (Å²) in [5.41, 5.74) is 6.10. The molecule has 35 heavy (non-hydrogen) atoms. The Morgan fingerprint density at radius 3 is 2.60 bits per heavy atom. The average molecular weight is 499 g/mol. The first-order chi connectivity index (χ1) is 17.3. The summed E-state index contributed by atoms with van der Waals surface area (Å²) in [6.45, 7) is 0. The smallest absolute Gasteiger partial charge is 0.247 e. The van der Waals surface area contributed by atoms with E-state index in [-0.39, 0.29) is 0 Å². The number of rotatable bonds is 5. The van der Waals surface area contributed by atoms with E-state index in [1.165, 1.54) is 11.8 Å². The van der Waals surface area contributed by atoms with E-state index in [4.69, 9.17) is 21.3 Å². The van der Waals surface area contributed by atoms with Gasteiger partial charge in [-0.15, -0.1) is 10.2 Å². The first-order valence-electron chi connectivity index (χ1n) is 11.0. The van der Waals surface area contributed by atoms with Crippen LogP contribution in [0.4, 0.5) is 5.69 Å². The van der Waals surface area contributed by atoms with Gasteiger partial charge >= 0.3 is 0 Å². The molecule has 0 bridgehead atoms. The van der Waals surface area contributed by atoms with Gasteiger partial charge in [0.05, 0.1) is 17.5 Å². The van der Waals surface area contributed by atoms with Crippen LogP contribution in [0.15, 0.2) is 90.2 Å². The van der Waals surface area contributed by atoms with Crippen molar-refractivity contribution < 1.29 is 4.74 Å². The minimum Gasteiger partial charge on any atom is -0.448 e. The fraction of sp³-hybridized carbons (Fsp3) is 0.0769. The number of aromatic nitrogens is 5. The highest BCUT2D eigenvalue weighted by Gasteiger charge is 2.28. The number of aromatic amines is 1. The Morgan fingerprint density at radius 2 is 1.71 bits per heavy atom. The monoisotopic (exact) mass is 498 g/mol. The first kappa shape index (κ1) is 21.6. The Balaban J connectivity index is 1.37. The largest absolute Gasteiger partial charge is 0.448 e. The maximum atomic E-state index is 6.44. The van der Waals surface area contributed by atoms with Crippen molar-refractivity contribution in [2.75, 3.05) is 5.32 Å². The molecule has 3 aromatic carbocycles. The maximum Gasteiger partial charge on any atom is 0.247 e. The molecule has 0 saturated carbocycles. The van der Waals surface area contributed by atoms with Crippen molar-refractivity contribution in [2.45, 2.75) is 17.1 Å². The summed E-state index contributed by atoms with van der Waals surface area (Å²) in [6.07, 6.45) is 1.24. The quantitative estimate of drug-likeness (QED) is 0.272. The van der Waals surface area contributed by atoms with Crippen LogP contribution in [0, 0.1) is 0 Å². The Kier molecular flexibility index (Phi) is 5.81. The van der Waals surface area contributed by atoms with Crippen molar-refractivity contribution in [3.05, 3.63) is 101 Å². The van der Waals surface area contributed by atoms with Crippen molar-refractivity contribution in [3.63, 3.8) is 0 Å². The highest BCUT2D eigenvalue weighted by atomic mass is 35.5. The van der Waals surface area contributed by atoms with E-state index in [9.17, 15) is 0 Å². The Hall–Kier alpha value is -3.88. The number of thioether (sulfide) groups is 1. The third-order valence-corrected chi connectivity index (χ3v) is 6.92. The van der Waals surface area contributed by atoms with Crippen LogP contribution in [0.3, 0.4) is 0 Å². The van der Waals surface area contributed by atoms with E-state index < -0.39 is 6.23 Å². The number of para-hydroxylation sites is 1. The summed E-state index contributed by atoms with van der Waals surface area (Å²) in [5, 5.41) is 21.0. The molecule has 5 aromatic rings. The Morgan fingerprint density at radius 1 is 0.914 bits per heavy atom. The third-order valence-electron chi connectivity index (χ3n) is 5.66. The molecule has 9 heteroatoms. The number of nitrogens with zero attached hydrogens (tertiary/aromatic N) is 4. The van der Waals surface area contributed by atoms with Gasteiger partial charge in [-0.05, 0) is 17.7 Å². The highest BCUT2D eigenvalue weighted by molar-refractivity contribution is 7.98. The van der Waals surface area contributed by atoms with Crippen LogP contribution in [-0.4, -0.2) is 25.4 Å². The minimum absolute atomic E-state index is 0.407. The molecular formula is C26H19ClN6OS. The van der Waals surface area contributed by atoms with Crippen molar-refractivity contribution in [3.8, 4) is 28.4 Å². The molecule has 0 radical (unpaired) electrons. The fourth-order valence-electron chi connectivity index (χ4n) is 3.94. The highest BCUT2D eigenvalue weighted by Crippen LogP contribution is 2.41. The summed E-state index contributed by atoms with van der Waals surface area (Å²) in [5.74, 6) is 1.03. The number of hydrogen-bond acceptors (Lipinski definition) is 7. The maximum absolute atomic E-state index is 6.44. The van der Waals surface area contributed by atoms with Crippen molar-refractivity contribution in [1.82, 2.24) is 25.4 Å². The lowest BCUT2D eigenvalue weighted by Crippen LogP contribution is -2.17. The number of hydrogen-bond donors (Lipinski definition) is 2. The minimum atomic E-state index is -0.538. The molecule has 172 valence electrons. The number of anilines is 1. The van der Waals surface area contributed by atoms with Crippen LogP contribution in [0.1, 0.15) is 17.4 Å². The molecule has 0 spiro atoms. The van der Waals surface area contributed by atoms with Gasteiger partial charge in [-0.3, -0.25) is 5.10 Å². The first-order valence-corrected chi connectivity index (χ1v) is 12.3. The van der Waals surface area contributed by atoms with Crippen LogP contribution in [0.25, 0.3) is 22.5 Å². The summed E-state index contributed by atoms with van der Waals surface area (Å²) in [6, 6.07) is 25.7. The topological polar surface area (TPSA) is 88.6 Å². The SMILES string of the molecule is Clc1ccccc1CSc1nnc2c(n1)O[C@H](c1cn[nH]c1-c1ccccc1)Nc1ccccc1-2. The normalized spacial score (nSPS) is 14.3. The summed E-state index contributed by atoms with van der Waals surface area (Å²) in [7, 11) is 0. The Labute approximate surface area is 210 Å². The predicted molar refractivity (Wildman–Crippen MR) is 137 cm³/mol. The van der Waals surface area contributed by atoms with E-state index in [0.29, 0.717) is 27.5 Å². The van der Waals surface area contributed by atoms with Crippen molar-refractivity contribution in [2.24, 2.45) is 0 Å². The molecule has 6 rings (SSSR count). The lowest BCUT2D eigenvalue weighted by atomic mass is 10.1. The van der Waals surface area contributed by atoms with Gasteiger partial charge in [0.1, 0.15) is 0 Å². The number of halogens is 1. The number of fused-ring (bicyclic) bond motifs is 3. The third kappa shape index (κ3) is 4.34. The predicted octanol–water partition coefficient (Wildman–Crippen LogP) is 6.38. The van der Waals surface area contributed by atoms with Gasteiger partial charge in [0.15, 0.2) is 5.69 Å². The van der Waals surface area contributed by atoms with Crippen LogP contribution in [0.5, 0.6) is 5.88 Å². The second kappa shape index (κ2) is 9.40. The standard InChI is InChI=1S/C26H19ClN6OS/c27-20-12-6-4-10-17(20)15-35-26-30-25-23(32-33-26)18-11-5-7-13-21(18)29-24(34-25)19-14-28-31-22(19)16-8-2-1-3-9-16/h1-14,24,29H,15H2,(H,28,31)/t24-/m1/s1. The molecule has 0 amide bonds. The summed E-state index contributed by atoms with van der Waals surface area (Å²) in [4.78, 5) is 4.73. The van der Waals surface area contributed by atoms with Crippen molar-refractivity contribution in [1.29, 1.82) is 0 Å². The number of nitrogens with one attached hydrogen (secondary N) is 2. The van der Waals surface area contributed by atoms with Crippen LogP contribution < -0.4 is 10.1 Å². The van der Waals surface area contributed by atoms with Crippen LogP contribution in [0.2, 0.25) is 5.02 Å². The van der Waals surface area contributed by atoms with E-state index >= 15 is 0 Å². The number of ether oxygens (including phenoxy) is 1. The fourth-order valence-corrected chi connectivity index (χ4v) is 5.00. The van der Waals surface area contributed by atoms with Crippen LogP contribution in [-0.2, 0) is 5.75 Å². The molecule has 0 aliphatic carbocycles. The molecular weight excluding hydrogens is 480 g/mol. The second-order valence-electron chi connectivity index (χ2n) is 7.88. The van der Waals surface area contributed by atoms with Gasteiger partial charge in [0.2, 0.25) is 17.3 Å². The van der Waals surface area contributed by atoms with Gasteiger partial charge < -0.3 is 10.1 Å². The van der Waals surface area contributed by atoms with E-state index in [1.54, 1.807) is 6.20 Å². The number of H-pyrrole nitrogens is 1. The molecule has 3 heterocycles. The zero-order valence-corrected chi connectivity index (χ0v) is 19.9. The average Bonchev–Trinajstić information content (AvgIpc) is 3.33. The zero-order valence-electron chi connectivity index (χ0n) is 18.4. The molecule has 1 aliphatic heterocycles. The zero-order chi connectivity index (χ0) is 23.6. The molecule has 2 aromatic heterocycles. The molecule has 0 unspecified atom stereocenters. The van der Waals surface area contributed by atoms with E-state index in [0.717, 1.165) is 33.6 Å². The van der Waals surface area contributed by atoms with Gasteiger partial charge in [-0.2, -0.15) is 10.1 Å². The molecule has 0 saturated heterocycles. The molecule has 0 fully saturated rings. The van der Waals surface area contributed by atoms with Gasteiger partial charge in [0, 0.05) is 27.6 Å². The molecule has 2 N–H and O–H groups in total. The lowest BCUT2D eigenvalue weighted by molar-refractivity contribution is 0.226. The van der Waals surface area contributed by atoms with Gasteiger partial charge in [-0.25, -0.2) is 0 Å². The van der Waals surface area contributed by atoms with Gasteiger partial charge in [0.25, 0.3) is 0 Å². The van der Waals surface area contributed by atoms with Crippen LogP contribution >= 0.6 is 23.4 Å². The summed E-state index contributed by atoms with van der Waals surface area (Å²) >= 11 is 7.77. The molecule has 1 aliphatic rings. The van der Waals surface area contributed by atoms with E-state index in [2.05, 4.69) is 25.7 Å². The van der Waals surface area contributed by atoms with Crippen molar-refractivity contribution >= 4 is 29.1 Å². The Bertz CT molecular complexity index is 1490. The molecule has 1 atom stereocenters. The van der Waals surface area contributed by atoms with E-state index in [1.807, 2.05) is 78.9 Å². The number of benzene rings is 3. The molecule has 7 nitrogen and oxygen atoms in total. The lowest BCUT2D eigenvalue weighted by Gasteiger charge is -2.19.